The maximum atomic E-state index is 13.2. The van der Waals surface area contributed by atoms with Crippen LogP contribution in [0, 0.1) is 19.7 Å². The zero-order chi connectivity index (χ0) is 22.9. The topological polar surface area (TPSA) is 89.1 Å². The van der Waals surface area contributed by atoms with Gasteiger partial charge in [-0.3, -0.25) is 9.69 Å². The lowest BCUT2D eigenvalue weighted by molar-refractivity contribution is -0.129. The van der Waals surface area contributed by atoms with Gasteiger partial charge in [0.25, 0.3) is 0 Å². The van der Waals surface area contributed by atoms with E-state index in [0.717, 1.165) is 22.6 Å². The van der Waals surface area contributed by atoms with Gasteiger partial charge in [0.1, 0.15) is 11.9 Å². The van der Waals surface area contributed by atoms with Crippen molar-refractivity contribution in [2.45, 2.75) is 26.4 Å². The quantitative estimate of drug-likeness (QED) is 0.506. The summed E-state index contributed by atoms with van der Waals surface area (Å²) < 4.78 is 20.5. The van der Waals surface area contributed by atoms with Crippen LogP contribution in [0.1, 0.15) is 28.9 Å². The molecule has 5 rings (SSSR count). The number of hydrogen-bond donors (Lipinski definition) is 1. The normalized spacial score (nSPS) is 16.7. The standard InChI is InChI=1S/C24H23FN6O2/c1-15-21(16(2)31(28-15)19-6-4-3-5-7-19)22-24(32)26-12-13-30(22)14-20-27-23(29-33-20)17-8-10-18(25)11-9-17/h3-11,22H,12-14H2,1-2H3,(H,26,32). The number of carbonyl (C=O) groups excluding carboxylic acids is 1. The molecule has 0 bridgehead atoms. The molecular weight excluding hydrogens is 423 g/mol. The van der Waals surface area contributed by atoms with Crippen LogP contribution in [0.25, 0.3) is 17.1 Å². The Bertz CT molecular complexity index is 1280. The van der Waals surface area contributed by atoms with E-state index in [1.165, 1.54) is 12.1 Å². The number of piperazine rings is 1. The fraction of sp³-hybridized carbons (Fsp3) is 0.250. The van der Waals surface area contributed by atoms with Crippen molar-refractivity contribution in [3.8, 4) is 17.1 Å². The number of nitrogens with one attached hydrogen (secondary N) is 1. The van der Waals surface area contributed by atoms with Crippen molar-refractivity contribution in [2.75, 3.05) is 13.1 Å². The zero-order valence-corrected chi connectivity index (χ0v) is 18.3. The lowest BCUT2D eigenvalue weighted by Gasteiger charge is -2.34. The first-order valence-corrected chi connectivity index (χ1v) is 10.7. The number of halogens is 1. The second-order valence-electron chi connectivity index (χ2n) is 8.01. The van der Waals surface area contributed by atoms with Crippen LogP contribution in [0.3, 0.4) is 0 Å². The van der Waals surface area contributed by atoms with E-state index in [9.17, 15) is 9.18 Å². The molecule has 1 saturated heterocycles. The molecule has 0 spiro atoms. The number of carbonyl (C=O) groups is 1. The van der Waals surface area contributed by atoms with Crippen molar-refractivity contribution in [1.29, 1.82) is 0 Å². The summed E-state index contributed by atoms with van der Waals surface area (Å²) >= 11 is 0. The highest BCUT2D eigenvalue weighted by atomic mass is 19.1. The molecule has 4 aromatic rings. The van der Waals surface area contributed by atoms with Gasteiger partial charge in [0.15, 0.2) is 0 Å². The van der Waals surface area contributed by atoms with E-state index in [0.29, 0.717) is 36.9 Å². The number of aryl methyl sites for hydroxylation is 1. The van der Waals surface area contributed by atoms with E-state index < -0.39 is 6.04 Å². The van der Waals surface area contributed by atoms with Crippen LogP contribution < -0.4 is 5.32 Å². The Hall–Kier alpha value is -3.85. The van der Waals surface area contributed by atoms with Crippen molar-refractivity contribution in [3.05, 3.63) is 83.3 Å². The second-order valence-corrected chi connectivity index (χ2v) is 8.01. The molecule has 1 atom stereocenters. The van der Waals surface area contributed by atoms with Crippen molar-refractivity contribution >= 4 is 5.91 Å². The molecule has 33 heavy (non-hydrogen) atoms. The van der Waals surface area contributed by atoms with Crippen molar-refractivity contribution in [2.24, 2.45) is 0 Å². The van der Waals surface area contributed by atoms with Crippen LogP contribution in [0.5, 0.6) is 0 Å². The van der Waals surface area contributed by atoms with E-state index in [1.807, 2.05) is 53.8 Å². The molecule has 1 N–H and O–H groups in total. The largest absolute Gasteiger partial charge is 0.353 e. The second kappa shape index (κ2) is 8.59. The molecule has 0 aliphatic carbocycles. The minimum Gasteiger partial charge on any atom is -0.353 e. The molecule has 1 fully saturated rings. The number of nitrogens with zero attached hydrogens (tertiary/aromatic N) is 5. The highest BCUT2D eigenvalue weighted by Gasteiger charge is 2.36. The first-order valence-electron chi connectivity index (χ1n) is 10.7. The van der Waals surface area contributed by atoms with Crippen LogP contribution in [0.2, 0.25) is 0 Å². The summed E-state index contributed by atoms with van der Waals surface area (Å²) in [6, 6.07) is 15.2. The number of aromatic nitrogens is 4. The molecule has 3 heterocycles. The SMILES string of the molecule is Cc1nn(-c2ccccc2)c(C)c1C1C(=O)NCCN1Cc1nc(-c2ccc(F)cc2)no1. The van der Waals surface area contributed by atoms with Gasteiger partial charge >= 0.3 is 0 Å². The third-order valence-electron chi connectivity index (χ3n) is 5.84. The number of rotatable bonds is 5. The minimum atomic E-state index is -0.530. The Morgan fingerprint density at radius 3 is 2.64 bits per heavy atom. The van der Waals surface area contributed by atoms with Crippen LogP contribution in [0.4, 0.5) is 4.39 Å². The molecule has 1 unspecified atom stereocenters. The monoisotopic (exact) mass is 446 g/mol. The van der Waals surface area contributed by atoms with Crippen molar-refractivity contribution < 1.29 is 13.7 Å². The molecule has 9 heteroatoms. The summed E-state index contributed by atoms with van der Waals surface area (Å²) in [4.78, 5) is 19.5. The summed E-state index contributed by atoms with van der Waals surface area (Å²) in [6.45, 7) is 5.35. The van der Waals surface area contributed by atoms with Gasteiger partial charge in [0.2, 0.25) is 17.6 Å². The third kappa shape index (κ3) is 4.03. The summed E-state index contributed by atoms with van der Waals surface area (Å²) in [6.07, 6.45) is 0. The number of hydrogen-bond acceptors (Lipinski definition) is 6. The summed E-state index contributed by atoms with van der Waals surface area (Å²) in [5.41, 5.74) is 4.17. The zero-order valence-electron chi connectivity index (χ0n) is 18.3. The van der Waals surface area contributed by atoms with Gasteiger partial charge in [-0.05, 0) is 50.2 Å². The van der Waals surface area contributed by atoms with Crippen molar-refractivity contribution in [1.82, 2.24) is 30.1 Å². The van der Waals surface area contributed by atoms with E-state index in [1.54, 1.807) is 12.1 Å². The Labute approximate surface area is 190 Å². The van der Waals surface area contributed by atoms with Crippen LogP contribution >= 0.6 is 0 Å². The molecule has 1 aliphatic rings. The van der Waals surface area contributed by atoms with Crippen LogP contribution in [-0.2, 0) is 11.3 Å². The van der Waals surface area contributed by atoms with Gasteiger partial charge in [0, 0.05) is 29.9 Å². The molecule has 8 nitrogen and oxygen atoms in total. The van der Waals surface area contributed by atoms with Gasteiger partial charge in [0.05, 0.1) is 17.9 Å². The van der Waals surface area contributed by atoms with E-state index in [-0.39, 0.29) is 11.7 Å². The minimum absolute atomic E-state index is 0.0849. The third-order valence-corrected chi connectivity index (χ3v) is 5.84. The van der Waals surface area contributed by atoms with Crippen LogP contribution in [0.15, 0.2) is 59.1 Å². The average molecular weight is 446 g/mol. The molecule has 2 aromatic carbocycles. The Morgan fingerprint density at radius 1 is 1.12 bits per heavy atom. The smallest absolute Gasteiger partial charge is 0.242 e. The molecule has 1 amide bonds. The Morgan fingerprint density at radius 2 is 1.88 bits per heavy atom. The van der Waals surface area contributed by atoms with Gasteiger partial charge in [-0.15, -0.1) is 0 Å². The maximum Gasteiger partial charge on any atom is 0.242 e. The Kier molecular flexibility index (Phi) is 5.47. The van der Waals surface area contributed by atoms with E-state index in [4.69, 9.17) is 9.62 Å². The summed E-state index contributed by atoms with van der Waals surface area (Å²) in [5, 5.41) is 11.7. The average Bonchev–Trinajstić information content (AvgIpc) is 3.40. The number of para-hydroxylation sites is 1. The number of benzene rings is 2. The predicted octanol–water partition coefficient (Wildman–Crippen LogP) is 3.35. The van der Waals surface area contributed by atoms with Gasteiger partial charge in [-0.2, -0.15) is 10.1 Å². The highest BCUT2D eigenvalue weighted by Crippen LogP contribution is 2.31. The Balaban J connectivity index is 1.45. The van der Waals surface area contributed by atoms with Crippen LogP contribution in [-0.4, -0.2) is 43.8 Å². The summed E-state index contributed by atoms with van der Waals surface area (Å²) in [7, 11) is 0. The molecule has 168 valence electrons. The fourth-order valence-corrected chi connectivity index (χ4v) is 4.28. The maximum absolute atomic E-state index is 13.2. The number of amides is 1. The first-order chi connectivity index (χ1) is 16.0. The lowest BCUT2D eigenvalue weighted by Crippen LogP contribution is -2.49. The molecular formula is C24H23FN6O2. The van der Waals surface area contributed by atoms with Gasteiger partial charge < -0.3 is 9.84 Å². The van der Waals surface area contributed by atoms with Gasteiger partial charge in [-0.25, -0.2) is 9.07 Å². The molecule has 0 saturated carbocycles. The van der Waals surface area contributed by atoms with E-state index >= 15 is 0 Å². The molecule has 1 aliphatic heterocycles. The fourth-order valence-electron chi connectivity index (χ4n) is 4.28. The first kappa shape index (κ1) is 21.0. The van der Waals surface area contributed by atoms with E-state index in [2.05, 4.69) is 15.5 Å². The summed E-state index contributed by atoms with van der Waals surface area (Å²) in [5.74, 6) is 0.358. The van der Waals surface area contributed by atoms with Crippen molar-refractivity contribution in [3.63, 3.8) is 0 Å². The highest BCUT2D eigenvalue weighted by molar-refractivity contribution is 5.84. The predicted molar refractivity (Wildman–Crippen MR) is 119 cm³/mol. The lowest BCUT2D eigenvalue weighted by atomic mass is 10.00. The molecule has 0 radical (unpaired) electrons. The van der Waals surface area contributed by atoms with Gasteiger partial charge in [-0.1, -0.05) is 23.4 Å². The molecule has 2 aromatic heterocycles.